The number of hydrogen-bond donors (Lipinski definition) is 0. The van der Waals surface area contributed by atoms with Crippen molar-refractivity contribution in [3.63, 3.8) is 0 Å². The summed E-state index contributed by atoms with van der Waals surface area (Å²) in [6.07, 6.45) is 1.04. The quantitative estimate of drug-likeness (QED) is 0.403. The van der Waals surface area contributed by atoms with Crippen LogP contribution in [0.3, 0.4) is 0 Å². The zero-order chi connectivity index (χ0) is 18.3. The molecule has 0 N–H and O–H groups in total. The largest absolute Gasteiger partial charge is 0.453 e. The van der Waals surface area contributed by atoms with Gasteiger partial charge in [0.25, 0.3) is 0 Å². The maximum atomic E-state index is 12.3. The monoisotopic (exact) mass is 482 g/mol. The van der Waals surface area contributed by atoms with Gasteiger partial charge in [0.05, 0.1) is 0 Å². The number of nitrogens with zero attached hydrogens (tertiary/aromatic N) is 1. The van der Waals surface area contributed by atoms with Gasteiger partial charge in [-0.25, -0.2) is 0 Å². The van der Waals surface area contributed by atoms with Gasteiger partial charge in [-0.05, 0) is 25.2 Å². The minimum absolute atomic E-state index is 0. The van der Waals surface area contributed by atoms with Crippen LogP contribution in [0.5, 0.6) is 0 Å². The zero-order valence-corrected chi connectivity index (χ0v) is 18.7. The molecule has 27 heavy (non-hydrogen) atoms. The predicted octanol–water partition coefficient (Wildman–Crippen LogP) is 4.69. The molecule has 0 amide bonds. The van der Waals surface area contributed by atoms with Crippen molar-refractivity contribution in [3.05, 3.63) is 71.8 Å². The summed E-state index contributed by atoms with van der Waals surface area (Å²) in [5.41, 5.74) is 1.54. The third-order valence-electron chi connectivity index (χ3n) is 4.59. The Balaban J connectivity index is 0.00000338. The van der Waals surface area contributed by atoms with Gasteiger partial charge in [-0.1, -0.05) is 74.5 Å². The Bertz CT molecular complexity index is 667. The summed E-state index contributed by atoms with van der Waals surface area (Å²) in [5, 5.41) is 0. The average Bonchev–Trinajstić information content (AvgIpc) is 2.62. The van der Waals surface area contributed by atoms with Gasteiger partial charge >= 0.3 is 5.97 Å². The maximum Gasteiger partial charge on any atom is 0.306 e. The summed E-state index contributed by atoms with van der Waals surface area (Å²) in [6, 6.07) is 20.4. The number of carbonyl (C=O) groups excluding carboxylic acids is 1. The van der Waals surface area contributed by atoms with Crippen molar-refractivity contribution in [3.8, 4) is 0 Å². The second-order valence-electron chi connectivity index (χ2n) is 6.91. The molecular formula is C22H30AgClNO2. The first-order chi connectivity index (χ1) is 12.0. The molecule has 153 valence electrons. The standard InChI is InChI=1S/C22H29NO2.Ag.ClH/c1-5-21(24)25-22(18(2)17-23(3)4,20-14-10-7-11-15-20)16-19-12-8-6-9-13-19;;/h6-15,18H,5,16-17H2,1-4H3;;1H/t18-,22+;;/m1../s1. The zero-order valence-electron chi connectivity index (χ0n) is 16.4. The van der Waals surface area contributed by atoms with E-state index in [1.165, 1.54) is 5.56 Å². The molecule has 0 aliphatic carbocycles. The number of hydrogen-bond acceptors (Lipinski definition) is 3. The maximum absolute atomic E-state index is 12.3. The number of benzene rings is 2. The molecule has 0 bridgehead atoms. The minimum atomic E-state index is -0.681. The van der Waals surface area contributed by atoms with Gasteiger partial charge < -0.3 is 9.64 Å². The molecule has 0 saturated carbocycles. The average molecular weight is 484 g/mol. The first kappa shape index (κ1) is 25.9. The molecule has 0 fully saturated rings. The van der Waals surface area contributed by atoms with Crippen molar-refractivity contribution in [1.82, 2.24) is 4.90 Å². The van der Waals surface area contributed by atoms with Crippen LogP contribution >= 0.6 is 12.4 Å². The first-order valence-corrected chi connectivity index (χ1v) is 8.94. The van der Waals surface area contributed by atoms with Crippen molar-refractivity contribution in [2.24, 2.45) is 5.92 Å². The fourth-order valence-corrected chi connectivity index (χ4v) is 3.35. The molecule has 2 aromatic carbocycles. The summed E-state index contributed by atoms with van der Waals surface area (Å²) in [6.45, 7) is 4.84. The van der Waals surface area contributed by atoms with Gasteiger partial charge in [0.2, 0.25) is 0 Å². The van der Waals surface area contributed by atoms with Crippen LogP contribution in [0.2, 0.25) is 0 Å². The molecular weight excluding hydrogens is 454 g/mol. The normalized spacial score (nSPS) is 13.7. The SMILES string of the molecule is CCC(=O)O[C@](Cc1ccccc1)(c1ccccc1)[C@H](C)CN(C)C.Cl.[Ag]. The number of esters is 1. The number of rotatable bonds is 8. The first-order valence-electron chi connectivity index (χ1n) is 8.94. The Morgan fingerprint density at radius 2 is 1.56 bits per heavy atom. The van der Waals surface area contributed by atoms with E-state index in [9.17, 15) is 4.79 Å². The van der Waals surface area contributed by atoms with E-state index in [1.54, 1.807) is 0 Å². The smallest absolute Gasteiger partial charge is 0.306 e. The topological polar surface area (TPSA) is 29.5 Å². The van der Waals surface area contributed by atoms with Crippen molar-refractivity contribution < 1.29 is 31.9 Å². The van der Waals surface area contributed by atoms with Crippen LogP contribution < -0.4 is 0 Å². The summed E-state index contributed by atoms with van der Waals surface area (Å²) in [4.78, 5) is 14.5. The molecule has 5 heteroatoms. The summed E-state index contributed by atoms with van der Waals surface area (Å²) in [5.74, 6) is -0.0222. The summed E-state index contributed by atoms with van der Waals surface area (Å²) < 4.78 is 6.17. The van der Waals surface area contributed by atoms with Gasteiger partial charge in [-0.3, -0.25) is 4.79 Å². The van der Waals surface area contributed by atoms with Crippen LogP contribution in [0.15, 0.2) is 60.7 Å². The van der Waals surface area contributed by atoms with E-state index in [1.807, 2.05) is 43.3 Å². The molecule has 0 aliphatic heterocycles. The van der Waals surface area contributed by atoms with Crippen LogP contribution in [0.4, 0.5) is 0 Å². The Kier molecular flexibility index (Phi) is 11.9. The molecule has 2 rings (SSSR count). The number of carbonyl (C=O) groups is 1. The van der Waals surface area contributed by atoms with Gasteiger partial charge in [0.15, 0.2) is 0 Å². The van der Waals surface area contributed by atoms with E-state index >= 15 is 0 Å². The molecule has 0 saturated heterocycles. The van der Waals surface area contributed by atoms with E-state index in [4.69, 9.17) is 4.74 Å². The number of halogens is 1. The molecule has 0 unspecified atom stereocenters. The summed E-state index contributed by atoms with van der Waals surface area (Å²) >= 11 is 0. The van der Waals surface area contributed by atoms with Crippen molar-refractivity contribution in [2.45, 2.75) is 32.3 Å². The van der Waals surface area contributed by atoms with E-state index in [-0.39, 0.29) is 46.7 Å². The van der Waals surface area contributed by atoms with Crippen LogP contribution in [-0.4, -0.2) is 31.5 Å². The Hall–Kier alpha value is -1.10. The molecule has 1 radical (unpaired) electrons. The van der Waals surface area contributed by atoms with E-state index in [2.05, 4.69) is 50.2 Å². The van der Waals surface area contributed by atoms with E-state index < -0.39 is 5.60 Å². The van der Waals surface area contributed by atoms with E-state index in [0.717, 1.165) is 12.1 Å². The Labute approximate surface area is 185 Å². The van der Waals surface area contributed by atoms with Gasteiger partial charge in [-0.2, -0.15) is 0 Å². The molecule has 0 aromatic heterocycles. The van der Waals surface area contributed by atoms with Crippen LogP contribution in [0.1, 0.15) is 31.4 Å². The molecule has 0 heterocycles. The predicted molar refractivity (Wildman–Crippen MR) is 110 cm³/mol. The third kappa shape index (κ3) is 7.10. The van der Waals surface area contributed by atoms with Crippen molar-refractivity contribution in [2.75, 3.05) is 20.6 Å². The Morgan fingerprint density at radius 3 is 2.04 bits per heavy atom. The number of ether oxygens (including phenoxy) is 1. The third-order valence-corrected chi connectivity index (χ3v) is 4.59. The Morgan fingerprint density at radius 1 is 1.04 bits per heavy atom. The van der Waals surface area contributed by atoms with Crippen molar-refractivity contribution in [1.29, 1.82) is 0 Å². The van der Waals surface area contributed by atoms with Crippen LogP contribution in [0.25, 0.3) is 0 Å². The summed E-state index contributed by atoms with van der Waals surface area (Å²) in [7, 11) is 4.10. The second-order valence-corrected chi connectivity index (χ2v) is 6.91. The minimum Gasteiger partial charge on any atom is -0.453 e. The van der Waals surface area contributed by atoms with Gasteiger partial charge in [0.1, 0.15) is 5.60 Å². The van der Waals surface area contributed by atoms with Gasteiger partial charge in [-0.15, -0.1) is 12.4 Å². The second kappa shape index (κ2) is 12.4. The molecule has 2 aromatic rings. The van der Waals surface area contributed by atoms with Crippen LogP contribution in [0, 0.1) is 5.92 Å². The van der Waals surface area contributed by atoms with Crippen molar-refractivity contribution >= 4 is 18.4 Å². The van der Waals surface area contributed by atoms with Crippen LogP contribution in [-0.2, 0) is 43.9 Å². The molecule has 3 nitrogen and oxygen atoms in total. The fraction of sp³-hybridized carbons (Fsp3) is 0.409. The van der Waals surface area contributed by atoms with Gasteiger partial charge in [0, 0.05) is 47.7 Å². The molecule has 2 atom stereocenters. The molecule has 0 spiro atoms. The fourth-order valence-electron chi connectivity index (χ4n) is 3.35. The molecule has 0 aliphatic rings. The van der Waals surface area contributed by atoms with E-state index in [0.29, 0.717) is 12.8 Å².